The quantitative estimate of drug-likeness (QED) is 0.0341. The molecule has 4 rings (SSSR count). The van der Waals surface area contributed by atoms with Crippen LogP contribution >= 0.6 is 0 Å². The molecule has 0 aliphatic heterocycles. The molecule has 4 aromatic rings. The van der Waals surface area contributed by atoms with Crippen LogP contribution in [0.25, 0.3) is 10.9 Å². The van der Waals surface area contributed by atoms with E-state index in [1.54, 1.807) is 30.3 Å². The molecule has 0 radical (unpaired) electrons. The number of aromatic nitrogens is 1. The zero-order valence-corrected chi connectivity index (χ0v) is 27.0. The van der Waals surface area contributed by atoms with E-state index < -0.39 is 34.6 Å². The molecule has 48 heavy (non-hydrogen) atoms. The summed E-state index contributed by atoms with van der Waals surface area (Å²) in [4.78, 5) is 23.5. The van der Waals surface area contributed by atoms with Gasteiger partial charge in [-0.15, -0.1) is 0 Å². The van der Waals surface area contributed by atoms with Crippen LogP contribution in [-0.2, 0) is 38.4 Å². The summed E-state index contributed by atoms with van der Waals surface area (Å²) in [5, 5.41) is 0.432. The van der Waals surface area contributed by atoms with E-state index in [9.17, 15) is 27.2 Å². The first-order valence-corrected chi connectivity index (χ1v) is 15.6. The van der Waals surface area contributed by atoms with Gasteiger partial charge in [-0.25, -0.2) is 22.0 Å². The molecule has 1 heterocycles. The second kappa shape index (κ2) is 16.8. The van der Waals surface area contributed by atoms with Gasteiger partial charge in [0.25, 0.3) is 0 Å². The van der Waals surface area contributed by atoms with E-state index in [0.29, 0.717) is 72.5 Å². The fraction of sp³-hybridized carbons (Fsp3) is 0.351. The summed E-state index contributed by atoms with van der Waals surface area (Å²) >= 11 is 0. The molecule has 0 fully saturated rings. The van der Waals surface area contributed by atoms with Crippen LogP contribution in [0.5, 0.6) is 5.75 Å². The molecule has 0 aliphatic carbocycles. The van der Waals surface area contributed by atoms with Crippen molar-refractivity contribution in [3.63, 3.8) is 0 Å². The van der Waals surface area contributed by atoms with Gasteiger partial charge in [0.05, 0.1) is 26.3 Å². The SMILES string of the molecule is COC(=O)CCCc1c(C)n(CCCC(=O)OC)c2c(C#Cc3ccc(OCCCCc4c(F)cc(F)c(F)c4F)cc3)ccc(F)c12. The standard InChI is InChI=1S/C37H36F5NO5/c1-23-27(9-6-10-32(44)46-2)34-29(38)19-16-25(37(34)43(23)20-7-11-33(45)47-3)15-12-24-13-17-26(18-14-24)48-21-5-4-8-28-30(39)22-31(40)36(42)35(28)41/h13-14,16-19,22H,4-11,20-21H2,1-3H3. The Balaban J connectivity index is 1.47. The minimum absolute atomic E-state index is 0.105. The topological polar surface area (TPSA) is 66.8 Å². The smallest absolute Gasteiger partial charge is 0.305 e. The number of hydrogen-bond acceptors (Lipinski definition) is 5. The zero-order valence-electron chi connectivity index (χ0n) is 27.0. The van der Waals surface area contributed by atoms with Crippen LogP contribution in [0.2, 0.25) is 0 Å². The molecule has 0 bridgehead atoms. The maximum atomic E-state index is 15.4. The maximum Gasteiger partial charge on any atom is 0.305 e. The molecule has 0 N–H and O–H groups in total. The number of methoxy groups -OCH3 is 2. The Morgan fingerprint density at radius 1 is 0.729 bits per heavy atom. The molecule has 11 heteroatoms. The van der Waals surface area contributed by atoms with Gasteiger partial charge >= 0.3 is 11.9 Å². The molecule has 1 aromatic heterocycles. The highest BCUT2D eigenvalue weighted by Crippen LogP contribution is 2.33. The van der Waals surface area contributed by atoms with Crippen LogP contribution in [-0.4, -0.2) is 37.3 Å². The van der Waals surface area contributed by atoms with Crippen molar-refractivity contribution in [2.45, 2.75) is 64.8 Å². The van der Waals surface area contributed by atoms with Gasteiger partial charge in [0.2, 0.25) is 0 Å². The molecule has 0 atom stereocenters. The molecule has 6 nitrogen and oxygen atoms in total. The largest absolute Gasteiger partial charge is 0.494 e. The predicted octanol–water partition coefficient (Wildman–Crippen LogP) is 7.90. The van der Waals surface area contributed by atoms with Gasteiger partial charge in [-0.05, 0) is 87.4 Å². The number of hydrogen-bond donors (Lipinski definition) is 0. The highest BCUT2D eigenvalue weighted by Gasteiger charge is 2.21. The van der Waals surface area contributed by atoms with E-state index in [4.69, 9.17) is 14.2 Å². The van der Waals surface area contributed by atoms with Crippen molar-refractivity contribution in [3.05, 3.63) is 99.5 Å². The highest BCUT2D eigenvalue weighted by molar-refractivity contribution is 5.91. The van der Waals surface area contributed by atoms with Gasteiger partial charge < -0.3 is 18.8 Å². The van der Waals surface area contributed by atoms with Crippen molar-refractivity contribution in [2.75, 3.05) is 20.8 Å². The Morgan fingerprint density at radius 2 is 1.40 bits per heavy atom. The fourth-order valence-electron chi connectivity index (χ4n) is 5.53. The fourth-order valence-corrected chi connectivity index (χ4v) is 5.53. The molecule has 254 valence electrons. The molecule has 0 unspecified atom stereocenters. The van der Waals surface area contributed by atoms with Crippen LogP contribution in [0.3, 0.4) is 0 Å². The first-order chi connectivity index (χ1) is 23.0. The van der Waals surface area contributed by atoms with E-state index >= 15 is 4.39 Å². The number of esters is 2. The molecule has 0 spiro atoms. The van der Waals surface area contributed by atoms with Crippen LogP contribution in [0.1, 0.15) is 66.5 Å². The maximum absolute atomic E-state index is 15.4. The monoisotopic (exact) mass is 669 g/mol. The second-order valence-electron chi connectivity index (χ2n) is 11.2. The number of carbonyl (C=O) groups is 2. The van der Waals surface area contributed by atoms with Gasteiger partial charge in [0, 0.05) is 53.2 Å². The lowest BCUT2D eigenvalue weighted by Gasteiger charge is -2.10. The molecule has 3 aromatic carbocycles. The Hall–Kier alpha value is -4.85. The normalized spacial score (nSPS) is 10.9. The van der Waals surface area contributed by atoms with Crippen molar-refractivity contribution < 1.29 is 45.8 Å². The third-order valence-corrected chi connectivity index (χ3v) is 8.06. The Morgan fingerprint density at radius 3 is 2.08 bits per heavy atom. The number of benzene rings is 3. The third kappa shape index (κ3) is 8.73. The van der Waals surface area contributed by atoms with Crippen LogP contribution in [0.4, 0.5) is 22.0 Å². The van der Waals surface area contributed by atoms with E-state index in [-0.39, 0.29) is 37.8 Å². The average Bonchev–Trinajstić information content (AvgIpc) is 3.36. The lowest BCUT2D eigenvalue weighted by molar-refractivity contribution is -0.141. The van der Waals surface area contributed by atoms with Gasteiger partial charge in [0.1, 0.15) is 17.4 Å². The van der Waals surface area contributed by atoms with Crippen LogP contribution in [0.15, 0.2) is 42.5 Å². The van der Waals surface area contributed by atoms with Crippen molar-refractivity contribution in [3.8, 4) is 17.6 Å². The minimum Gasteiger partial charge on any atom is -0.494 e. The number of nitrogens with zero attached hydrogens (tertiary/aromatic N) is 1. The summed E-state index contributed by atoms with van der Waals surface area (Å²) in [6.45, 7) is 2.56. The van der Waals surface area contributed by atoms with Gasteiger partial charge in [-0.3, -0.25) is 9.59 Å². The van der Waals surface area contributed by atoms with Crippen molar-refractivity contribution in [1.29, 1.82) is 0 Å². The predicted molar refractivity (Wildman–Crippen MR) is 170 cm³/mol. The first-order valence-electron chi connectivity index (χ1n) is 15.6. The van der Waals surface area contributed by atoms with Gasteiger partial charge in [-0.2, -0.15) is 0 Å². The van der Waals surface area contributed by atoms with E-state index in [1.165, 1.54) is 20.3 Å². The lowest BCUT2D eigenvalue weighted by atomic mass is 10.0. The van der Waals surface area contributed by atoms with Crippen molar-refractivity contribution >= 4 is 22.8 Å². The van der Waals surface area contributed by atoms with Gasteiger partial charge in [-0.1, -0.05) is 11.8 Å². The van der Waals surface area contributed by atoms with E-state index in [2.05, 4.69) is 11.8 Å². The number of fused-ring (bicyclic) bond motifs is 1. The number of halogens is 5. The zero-order chi connectivity index (χ0) is 34.8. The number of aryl methyl sites for hydroxylation is 2. The molecule has 0 amide bonds. The van der Waals surface area contributed by atoms with E-state index in [0.717, 1.165) is 11.3 Å². The van der Waals surface area contributed by atoms with Crippen LogP contribution < -0.4 is 4.74 Å². The Kier molecular flexibility index (Phi) is 12.6. The number of carbonyl (C=O) groups excluding carboxylic acids is 2. The summed E-state index contributed by atoms with van der Waals surface area (Å²) in [6.07, 6.45) is 2.41. The summed E-state index contributed by atoms with van der Waals surface area (Å²) in [6, 6.07) is 10.3. The highest BCUT2D eigenvalue weighted by atomic mass is 19.2. The second-order valence-corrected chi connectivity index (χ2v) is 11.2. The van der Waals surface area contributed by atoms with Crippen LogP contribution in [0, 0.1) is 47.9 Å². The summed E-state index contributed by atoms with van der Waals surface area (Å²) in [5.41, 5.74) is 2.99. The van der Waals surface area contributed by atoms with Crippen molar-refractivity contribution in [1.82, 2.24) is 4.57 Å². The Bertz CT molecular complexity index is 1840. The molecule has 0 saturated heterocycles. The molecule has 0 saturated carbocycles. The average molecular weight is 670 g/mol. The van der Waals surface area contributed by atoms with Crippen molar-refractivity contribution in [2.24, 2.45) is 0 Å². The number of unbranched alkanes of at least 4 members (excludes halogenated alkanes) is 1. The minimum atomic E-state index is -1.69. The molecular weight excluding hydrogens is 633 g/mol. The number of ether oxygens (including phenoxy) is 3. The van der Waals surface area contributed by atoms with E-state index in [1.807, 2.05) is 11.5 Å². The molecular formula is C37H36F5NO5. The molecule has 0 aliphatic rings. The summed E-state index contributed by atoms with van der Waals surface area (Å²) < 4.78 is 86.8. The Labute approximate surface area is 275 Å². The summed E-state index contributed by atoms with van der Waals surface area (Å²) in [7, 11) is 2.65. The third-order valence-electron chi connectivity index (χ3n) is 8.06. The number of rotatable bonds is 14. The van der Waals surface area contributed by atoms with Gasteiger partial charge in [0.15, 0.2) is 17.5 Å². The lowest BCUT2D eigenvalue weighted by Crippen LogP contribution is -2.06. The summed E-state index contributed by atoms with van der Waals surface area (Å²) in [5.74, 6) is -0.149. The first kappa shape index (κ1) is 36.0.